The van der Waals surface area contributed by atoms with Crippen LogP contribution in [0.1, 0.15) is 24.1 Å². The van der Waals surface area contributed by atoms with Gasteiger partial charge in [0.05, 0.1) is 18.2 Å². The molecule has 0 bridgehead atoms. The summed E-state index contributed by atoms with van der Waals surface area (Å²) >= 11 is 0. The second-order valence-electron chi connectivity index (χ2n) is 5.17. The van der Waals surface area contributed by atoms with Crippen LogP contribution in [0.15, 0.2) is 60.7 Å². The maximum atomic E-state index is 10.5. The minimum Gasteiger partial charge on any atom is -0.394 e. The summed E-state index contributed by atoms with van der Waals surface area (Å²) in [5.41, 5.74) is 0.903. The molecule has 0 amide bonds. The summed E-state index contributed by atoms with van der Waals surface area (Å²) < 4.78 is 0. The molecule has 0 saturated heterocycles. The molecule has 3 nitrogen and oxygen atoms in total. The minimum absolute atomic E-state index is 0.00508. The van der Waals surface area contributed by atoms with E-state index in [9.17, 15) is 10.2 Å². The van der Waals surface area contributed by atoms with Crippen molar-refractivity contribution in [1.82, 2.24) is 5.32 Å². The number of hydrogen-bond donors (Lipinski definition) is 3. The van der Waals surface area contributed by atoms with Gasteiger partial charge in [-0.2, -0.15) is 0 Å². The van der Waals surface area contributed by atoms with Crippen molar-refractivity contribution in [2.24, 2.45) is 0 Å². The number of rotatable bonds is 6. The summed E-state index contributed by atoms with van der Waals surface area (Å²) in [6.07, 6.45) is 0. The molecule has 2 aromatic rings. The van der Waals surface area contributed by atoms with Gasteiger partial charge in [0.2, 0.25) is 0 Å². The largest absolute Gasteiger partial charge is 0.394 e. The highest BCUT2D eigenvalue weighted by Crippen LogP contribution is 2.21. The van der Waals surface area contributed by atoms with Crippen LogP contribution in [-0.4, -0.2) is 23.4 Å². The highest BCUT2D eigenvalue weighted by Gasteiger charge is 2.24. The van der Waals surface area contributed by atoms with Gasteiger partial charge in [0, 0.05) is 6.54 Å². The maximum absolute atomic E-state index is 10.5. The fourth-order valence-electron chi connectivity index (χ4n) is 2.19. The molecule has 0 radical (unpaired) electrons. The molecule has 3 N–H and O–H groups in total. The summed E-state index contributed by atoms with van der Waals surface area (Å²) in [4.78, 5) is 0. The Kier molecular flexibility index (Phi) is 4.90. The average Bonchev–Trinajstić information content (AvgIpc) is 2.50. The van der Waals surface area contributed by atoms with E-state index >= 15 is 0 Å². The van der Waals surface area contributed by atoms with E-state index in [1.807, 2.05) is 60.7 Å². The Hall–Kier alpha value is -1.68. The van der Waals surface area contributed by atoms with E-state index in [-0.39, 0.29) is 12.6 Å². The van der Waals surface area contributed by atoms with E-state index in [0.29, 0.717) is 6.54 Å². The Morgan fingerprint density at radius 1 is 1.00 bits per heavy atom. The molecule has 2 rings (SSSR count). The third-order valence-corrected chi connectivity index (χ3v) is 3.47. The Balaban J connectivity index is 2.03. The molecule has 0 aliphatic heterocycles. The highest BCUT2D eigenvalue weighted by molar-refractivity contribution is 5.23. The van der Waals surface area contributed by atoms with Gasteiger partial charge >= 0.3 is 0 Å². The van der Waals surface area contributed by atoms with Crippen molar-refractivity contribution in [3.05, 3.63) is 71.8 Å². The maximum Gasteiger partial charge on any atom is 0.0992 e. The quantitative estimate of drug-likeness (QED) is 0.755. The number of aliphatic hydroxyl groups excluding tert-OH is 1. The monoisotopic (exact) mass is 271 g/mol. The molecule has 0 fully saturated rings. The van der Waals surface area contributed by atoms with Gasteiger partial charge in [-0.15, -0.1) is 0 Å². The van der Waals surface area contributed by atoms with Gasteiger partial charge in [-0.05, 0) is 18.1 Å². The summed E-state index contributed by atoms with van der Waals surface area (Å²) in [6.45, 7) is 2.14. The summed E-state index contributed by atoms with van der Waals surface area (Å²) in [7, 11) is 0. The standard InChI is InChI=1S/C17H21NO2/c1-17(20,15-10-6-3-7-11-15)13-18-16(12-19)14-8-4-2-5-9-14/h2-11,16,18-20H,12-13H2,1H3. The second kappa shape index (κ2) is 6.66. The molecule has 0 aliphatic rings. The lowest BCUT2D eigenvalue weighted by atomic mass is 9.95. The van der Waals surface area contributed by atoms with Gasteiger partial charge < -0.3 is 15.5 Å². The highest BCUT2D eigenvalue weighted by atomic mass is 16.3. The number of hydrogen-bond acceptors (Lipinski definition) is 3. The van der Waals surface area contributed by atoms with E-state index in [1.54, 1.807) is 6.92 Å². The van der Waals surface area contributed by atoms with Crippen molar-refractivity contribution in [3.63, 3.8) is 0 Å². The van der Waals surface area contributed by atoms with E-state index in [0.717, 1.165) is 11.1 Å². The molecular weight excluding hydrogens is 250 g/mol. The van der Waals surface area contributed by atoms with Gasteiger partial charge in [-0.3, -0.25) is 0 Å². The van der Waals surface area contributed by atoms with Crippen LogP contribution in [0.4, 0.5) is 0 Å². The van der Waals surface area contributed by atoms with E-state index in [1.165, 1.54) is 0 Å². The summed E-state index contributed by atoms with van der Waals surface area (Å²) in [5.74, 6) is 0. The molecule has 2 aromatic carbocycles. The van der Waals surface area contributed by atoms with Gasteiger partial charge in [0.25, 0.3) is 0 Å². The van der Waals surface area contributed by atoms with Gasteiger partial charge in [0.15, 0.2) is 0 Å². The molecule has 3 heteroatoms. The number of aliphatic hydroxyl groups is 2. The van der Waals surface area contributed by atoms with Crippen LogP contribution in [0, 0.1) is 0 Å². The van der Waals surface area contributed by atoms with Crippen molar-refractivity contribution >= 4 is 0 Å². The van der Waals surface area contributed by atoms with Crippen LogP contribution >= 0.6 is 0 Å². The molecular formula is C17H21NO2. The minimum atomic E-state index is -0.969. The lowest BCUT2D eigenvalue weighted by molar-refractivity contribution is 0.0509. The molecule has 0 saturated carbocycles. The lowest BCUT2D eigenvalue weighted by Crippen LogP contribution is -2.38. The Morgan fingerprint density at radius 2 is 1.55 bits per heavy atom. The molecule has 106 valence electrons. The Morgan fingerprint density at radius 3 is 2.10 bits per heavy atom. The lowest BCUT2D eigenvalue weighted by Gasteiger charge is -2.27. The zero-order valence-electron chi connectivity index (χ0n) is 11.7. The normalized spacial score (nSPS) is 15.6. The summed E-state index contributed by atoms with van der Waals surface area (Å²) in [6, 6.07) is 19.1. The van der Waals surface area contributed by atoms with Gasteiger partial charge in [-0.25, -0.2) is 0 Å². The second-order valence-corrected chi connectivity index (χ2v) is 5.17. The van der Waals surface area contributed by atoms with Crippen LogP contribution in [0.5, 0.6) is 0 Å². The fourth-order valence-corrected chi connectivity index (χ4v) is 2.19. The first-order valence-corrected chi connectivity index (χ1v) is 6.80. The first-order chi connectivity index (χ1) is 9.63. The fraction of sp³-hybridized carbons (Fsp3) is 0.294. The predicted octanol–water partition coefficient (Wildman–Crippen LogP) is 2.22. The molecule has 0 aromatic heterocycles. The molecule has 0 aliphatic carbocycles. The van der Waals surface area contributed by atoms with E-state index < -0.39 is 5.60 Å². The van der Waals surface area contributed by atoms with Crippen LogP contribution in [0.25, 0.3) is 0 Å². The van der Waals surface area contributed by atoms with E-state index in [4.69, 9.17) is 0 Å². The third kappa shape index (κ3) is 3.67. The smallest absolute Gasteiger partial charge is 0.0992 e. The first kappa shape index (κ1) is 14.7. The van der Waals surface area contributed by atoms with Crippen LogP contribution < -0.4 is 5.32 Å². The van der Waals surface area contributed by atoms with E-state index in [2.05, 4.69) is 5.32 Å². The Labute approximate surface area is 119 Å². The SMILES string of the molecule is CC(O)(CNC(CO)c1ccccc1)c1ccccc1. The van der Waals surface area contributed by atoms with Crippen molar-refractivity contribution in [1.29, 1.82) is 0 Å². The zero-order chi connectivity index (χ0) is 14.4. The number of nitrogens with one attached hydrogen (secondary N) is 1. The average molecular weight is 271 g/mol. The molecule has 2 atom stereocenters. The molecule has 20 heavy (non-hydrogen) atoms. The molecule has 0 spiro atoms. The van der Waals surface area contributed by atoms with Gasteiger partial charge in [-0.1, -0.05) is 60.7 Å². The molecule has 0 heterocycles. The van der Waals surface area contributed by atoms with Crippen molar-refractivity contribution in [2.75, 3.05) is 13.2 Å². The topological polar surface area (TPSA) is 52.5 Å². The van der Waals surface area contributed by atoms with Crippen LogP contribution in [0.3, 0.4) is 0 Å². The zero-order valence-corrected chi connectivity index (χ0v) is 11.7. The summed E-state index contributed by atoms with van der Waals surface area (Å²) in [5, 5.41) is 23.3. The van der Waals surface area contributed by atoms with Crippen LogP contribution in [-0.2, 0) is 5.60 Å². The third-order valence-electron chi connectivity index (χ3n) is 3.47. The van der Waals surface area contributed by atoms with Crippen molar-refractivity contribution in [3.8, 4) is 0 Å². The van der Waals surface area contributed by atoms with Gasteiger partial charge in [0.1, 0.15) is 0 Å². The predicted molar refractivity (Wildman–Crippen MR) is 80.3 cm³/mol. The first-order valence-electron chi connectivity index (χ1n) is 6.80. The van der Waals surface area contributed by atoms with Crippen LogP contribution in [0.2, 0.25) is 0 Å². The molecule has 2 unspecified atom stereocenters. The Bertz CT molecular complexity index is 511. The number of benzene rings is 2. The van der Waals surface area contributed by atoms with Crippen molar-refractivity contribution in [2.45, 2.75) is 18.6 Å². The van der Waals surface area contributed by atoms with Crippen molar-refractivity contribution < 1.29 is 10.2 Å².